The van der Waals surface area contributed by atoms with Crippen LogP contribution in [0.1, 0.15) is 51.5 Å². The molecule has 1 aromatic heterocycles. The van der Waals surface area contributed by atoms with Crippen LogP contribution in [-0.2, 0) is 0 Å². The van der Waals surface area contributed by atoms with Crippen LogP contribution in [0.4, 0.5) is 5.82 Å². The van der Waals surface area contributed by atoms with Crippen molar-refractivity contribution in [3.8, 4) is 0 Å². The third kappa shape index (κ3) is 3.73. The molecule has 1 saturated heterocycles. The number of hydrogen-bond acceptors (Lipinski definition) is 3. The predicted octanol–water partition coefficient (Wildman–Crippen LogP) is 2.68. The molecular formula is C14H26N4. The van der Waals surface area contributed by atoms with Crippen molar-refractivity contribution in [2.45, 2.75) is 51.5 Å². The molecule has 18 heavy (non-hydrogen) atoms. The molecule has 2 heterocycles. The minimum Gasteiger partial charge on any atom is -0.382 e. The quantitative estimate of drug-likeness (QED) is 0.790. The van der Waals surface area contributed by atoms with Crippen LogP contribution < -0.4 is 5.73 Å². The molecule has 1 aromatic rings. The summed E-state index contributed by atoms with van der Waals surface area (Å²) in [5.41, 5.74) is 5.66. The summed E-state index contributed by atoms with van der Waals surface area (Å²) < 4.78 is 2.05. The average molecular weight is 250 g/mol. The summed E-state index contributed by atoms with van der Waals surface area (Å²) in [5.74, 6) is 0.636. The number of unbranched alkanes of at least 4 members (excludes halogenated alkanes) is 3. The van der Waals surface area contributed by atoms with Gasteiger partial charge in [-0.3, -0.25) is 4.68 Å². The maximum Gasteiger partial charge on any atom is 0.145 e. The van der Waals surface area contributed by atoms with E-state index in [1.54, 1.807) is 0 Å². The van der Waals surface area contributed by atoms with Gasteiger partial charge < -0.3 is 10.6 Å². The van der Waals surface area contributed by atoms with Gasteiger partial charge in [-0.2, -0.15) is 5.10 Å². The first kappa shape index (κ1) is 13.4. The summed E-state index contributed by atoms with van der Waals surface area (Å²) in [6, 6.07) is 2.44. The van der Waals surface area contributed by atoms with Crippen LogP contribution in [-0.4, -0.2) is 34.3 Å². The van der Waals surface area contributed by atoms with Gasteiger partial charge in [0.05, 0.1) is 6.04 Å². The Morgan fingerprint density at radius 3 is 2.67 bits per heavy atom. The molecule has 2 rings (SSSR count). The van der Waals surface area contributed by atoms with Gasteiger partial charge in [-0.05, 0) is 31.9 Å². The Morgan fingerprint density at radius 2 is 2.06 bits per heavy atom. The van der Waals surface area contributed by atoms with E-state index < -0.39 is 0 Å². The number of nitrogens with two attached hydrogens (primary N) is 1. The number of likely N-dealkylation sites (tertiary alicyclic amines) is 1. The van der Waals surface area contributed by atoms with Gasteiger partial charge in [0.2, 0.25) is 0 Å². The Morgan fingerprint density at radius 1 is 1.28 bits per heavy atom. The molecule has 1 aliphatic heterocycles. The fraction of sp³-hybridized carbons (Fsp3) is 0.786. The van der Waals surface area contributed by atoms with Gasteiger partial charge >= 0.3 is 0 Å². The molecule has 0 atom stereocenters. The summed E-state index contributed by atoms with van der Waals surface area (Å²) in [6.07, 6.45) is 9.85. The molecule has 0 aliphatic carbocycles. The van der Waals surface area contributed by atoms with Crippen LogP contribution in [0.2, 0.25) is 0 Å². The van der Waals surface area contributed by atoms with E-state index in [0.29, 0.717) is 11.9 Å². The first-order valence-electron chi connectivity index (χ1n) is 7.32. The molecule has 4 nitrogen and oxygen atoms in total. The molecule has 2 N–H and O–H groups in total. The summed E-state index contributed by atoms with van der Waals surface area (Å²) >= 11 is 0. The van der Waals surface area contributed by atoms with Crippen LogP contribution in [0.25, 0.3) is 0 Å². The molecule has 0 unspecified atom stereocenters. The molecule has 0 amide bonds. The number of hydrogen-bond donors (Lipinski definition) is 1. The molecule has 102 valence electrons. The van der Waals surface area contributed by atoms with Crippen molar-refractivity contribution in [2.24, 2.45) is 0 Å². The molecule has 0 bridgehead atoms. The van der Waals surface area contributed by atoms with E-state index in [2.05, 4.69) is 16.9 Å². The molecule has 0 aromatic carbocycles. The number of nitrogen functional groups attached to an aromatic ring is 1. The highest BCUT2D eigenvalue weighted by molar-refractivity contribution is 5.24. The highest BCUT2D eigenvalue weighted by atomic mass is 15.3. The second-order valence-corrected chi connectivity index (χ2v) is 5.35. The lowest BCUT2D eigenvalue weighted by atomic mass is 10.0. The summed E-state index contributed by atoms with van der Waals surface area (Å²) in [4.78, 5) is 2.60. The van der Waals surface area contributed by atoms with Crippen LogP contribution in [0.3, 0.4) is 0 Å². The average Bonchev–Trinajstić information content (AvgIpc) is 2.82. The highest BCUT2D eigenvalue weighted by Gasteiger charge is 2.20. The van der Waals surface area contributed by atoms with Gasteiger partial charge in [-0.25, -0.2) is 0 Å². The smallest absolute Gasteiger partial charge is 0.145 e. The lowest BCUT2D eigenvalue weighted by Gasteiger charge is -2.32. The van der Waals surface area contributed by atoms with Gasteiger partial charge in [0.1, 0.15) is 5.82 Å². The molecule has 4 heteroatoms. The van der Waals surface area contributed by atoms with Crippen LogP contribution in [0, 0.1) is 0 Å². The van der Waals surface area contributed by atoms with Gasteiger partial charge in [-0.1, -0.05) is 26.2 Å². The van der Waals surface area contributed by atoms with Gasteiger partial charge in [-0.15, -0.1) is 0 Å². The molecular weight excluding hydrogens is 224 g/mol. The first-order chi connectivity index (χ1) is 8.79. The van der Waals surface area contributed by atoms with E-state index in [9.17, 15) is 0 Å². The van der Waals surface area contributed by atoms with Crippen LogP contribution in [0.5, 0.6) is 0 Å². The summed E-state index contributed by atoms with van der Waals surface area (Å²) in [5, 5.41) is 4.32. The lowest BCUT2D eigenvalue weighted by molar-refractivity contribution is 0.177. The molecule has 0 spiro atoms. The summed E-state index contributed by atoms with van der Waals surface area (Å²) in [6.45, 7) is 5.95. The van der Waals surface area contributed by atoms with E-state index in [-0.39, 0.29) is 0 Å². The van der Waals surface area contributed by atoms with Crippen LogP contribution in [0.15, 0.2) is 12.3 Å². The van der Waals surface area contributed by atoms with Crippen LogP contribution >= 0.6 is 0 Å². The minimum atomic E-state index is 0.550. The predicted molar refractivity (Wildman–Crippen MR) is 75.5 cm³/mol. The Hall–Kier alpha value is -1.03. The fourth-order valence-corrected chi connectivity index (χ4v) is 2.73. The van der Waals surface area contributed by atoms with E-state index in [1.165, 1.54) is 58.2 Å². The molecule has 0 radical (unpaired) electrons. The van der Waals surface area contributed by atoms with Crippen molar-refractivity contribution in [1.29, 1.82) is 0 Å². The standard InChI is InChI=1S/C14H26N4/c1-2-3-4-5-9-17-10-6-13(7-11-17)18-12-8-14(15)16-18/h8,12-13H,2-7,9-11H2,1H3,(H2,15,16). The van der Waals surface area contributed by atoms with Gasteiger partial charge in [0, 0.05) is 19.3 Å². The van der Waals surface area contributed by atoms with Crippen molar-refractivity contribution in [3.63, 3.8) is 0 Å². The second-order valence-electron chi connectivity index (χ2n) is 5.35. The number of aromatic nitrogens is 2. The zero-order chi connectivity index (χ0) is 12.8. The van der Waals surface area contributed by atoms with Crippen molar-refractivity contribution >= 4 is 5.82 Å². The largest absolute Gasteiger partial charge is 0.382 e. The number of nitrogens with zero attached hydrogens (tertiary/aromatic N) is 3. The third-order valence-corrected chi connectivity index (χ3v) is 3.89. The maximum atomic E-state index is 5.66. The SMILES string of the molecule is CCCCCCN1CCC(n2ccc(N)n2)CC1. The Labute approximate surface area is 110 Å². The topological polar surface area (TPSA) is 47.1 Å². The van der Waals surface area contributed by atoms with E-state index in [4.69, 9.17) is 5.73 Å². The zero-order valence-electron chi connectivity index (χ0n) is 11.5. The number of rotatable bonds is 6. The Bertz CT molecular complexity index is 339. The lowest BCUT2D eigenvalue weighted by Crippen LogP contribution is -2.35. The molecule has 1 fully saturated rings. The van der Waals surface area contributed by atoms with E-state index in [0.717, 1.165) is 0 Å². The third-order valence-electron chi connectivity index (χ3n) is 3.89. The number of anilines is 1. The summed E-state index contributed by atoms with van der Waals surface area (Å²) in [7, 11) is 0. The Balaban J connectivity index is 1.68. The second kappa shape index (κ2) is 6.78. The number of piperidine rings is 1. The first-order valence-corrected chi connectivity index (χ1v) is 7.32. The van der Waals surface area contributed by atoms with Gasteiger partial charge in [0.15, 0.2) is 0 Å². The fourth-order valence-electron chi connectivity index (χ4n) is 2.73. The molecule has 0 saturated carbocycles. The molecule has 1 aliphatic rings. The normalized spacial score (nSPS) is 18.3. The van der Waals surface area contributed by atoms with Crippen molar-refractivity contribution in [2.75, 3.05) is 25.4 Å². The van der Waals surface area contributed by atoms with Gasteiger partial charge in [0.25, 0.3) is 0 Å². The monoisotopic (exact) mass is 250 g/mol. The van der Waals surface area contributed by atoms with Crippen molar-refractivity contribution in [1.82, 2.24) is 14.7 Å². The maximum absolute atomic E-state index is 5.66. The minimum absolute atomic E-state index is 0.550. The highest BCUT2D eigenvalue weighted by Crippen LogP contribution is 2.22. The van der Waals surface area contributed by atoms with Crippen molar-refractivity contribution in [3.05, 3.63) is 12.3 Å². The Kier molecular flexibility index (Phi) is 5.05. The van der Waals surface area contributed by atoms with Crippen molar-refractivity contribution < 1.29 is 0 Å². The van der Waals surface area contributed by atoms with E-state index in [1.807, 2.05) is 16.9 Å². The van der Waals surface area contributed by atoms with E-state index >= 15 is 0 Å². The zero-order valence-corrected chi connectivity index (χ0v) is 11.5.